The fourth-order valence-corrected chi connectivity index (χ4v) is 5.15. The van der Waals surface area contributed by atoms with Crippen molar-refractivity contribution in [2.45, 2.75) is 51.4 Å². The third-order valence-electron chi connectivity index (χ3n) is 6.07. The third-order valence-corrected chi connectivity index (χ3v) is 7.04. The van der Waals surface area contributed by atoms with Crippen LogP contribution in [-0.2, 0) is 17.8 Å². The molecule has 1 unspecified atom stereocenters. The first kappa shape index (κ1) is 24.5. The lowest BCUT2D eigenvalue weighted by molar-refractivity contribution is -0.118. The topological polar surface area (TPSA) is 109 Å². The first-order valence-corrected chi connectivity index (χ1v) is 12.5. The Morgan fingerprint density at radius 3 is 2.57 bits per heavy atom. The number of furan rings is 1. The van der Waals surface area contributed by atoms with Gasteiger partial charge in [-0.3, -0.25) is 14.2 Å². The van der Waals surface area contributed by atoms with Crippen LogP contribution < -0.4 is 5.73 Å². The van der Waals surface area contributed by atoms with E-state index in [0.717, 1.165) is 17.1 Å². The van der Waals surface area contributed by atoms with Gasteiger partial charge in [-0.25, -0.2) is 0 Å². The SMILES string of the molecule is Cc1cc(C(=O)CSc2nnc(CCC(N)=O)n2Cc2ccco2)c(C)n1C(C)c1ccccc1. The van der Waals surface area contributed by atoms with E-state index in [1.807, 2.05) is 54.8 Å². The second-order valence-corrected chi connectivity index (χ2v) is 9.43. The van der Waals surface area contributed by atoms with Crippen LogP contribution in [0.25, 0.3) is 0 Å². The van der Waals surface area contributed by atoms with E-state index in [1.165, 1.54) is 17.3 Å². The van der Waals surface area contributed by atoms with E-state index in [-0.39, 0.29) is 24.0 Å². The fraction of sp³-hybridized carbons (Fsp3) is 0.308. The van der Waals surface area contributed by atoms with Crippen LogP contribution in [0, 0.1) is 13.8 Å². The predicted octanol–water partition coefficient (Wildman–Crippen LogP) is 4.34. The summed E-state index contributed by atoms with van der Waals surface area (Å²) in [6.07, 6.45) is 2.15. The number of nitrogens with zero attached hydrogens (tertiary/aromatic N) is 4. The van der Waals surface area contributed by atoms with Crippen molar-refractivity contribution in [1.29, 1.82) is 0 Å². The van der Waals surface area contributed by atoms with Gasteiger partial charge in [-0.2, -0.15) is 0 Å². The average Bonchev–Trinajstić information content (AvgIpc) is 3.56. The Bertz CT molecular complexity index is 1310. The molecular weight excluding hydrogens is 462 g/mol. The molecular formula is C26H29N5O3S. The van der Waals surface area contributed by atoms with Crippen molar-refractivity contribution in [3.05, 3.63) is 88.9 Å². The van der Waals surface area contributed by atoms with Crippen LogP contribution in [0.5, 0.6) is 0 Å². The number of rotatable bonds is 11. The molecule has 35 heavy (non-hydrogen) atoms. The molecule has 1 amide bonds. The summed E-state index contributed by atoms with van der Waals surface area (Å²) < 4.78 is 9.56. The number of Topliss-reactive ketones (excluding diaryl/α,β-unsaturated/α-hetero) is 1. The third kappa shape index (κ3) is 5.57. The van der Waals surface area contributed by atoms with Crippen molar-refractivity contribution in [1.82, 2.24) is 19.3 Å². The van der Waals surface area contributed by atoms with Crippen LogP contribution in [0.15, 0.2) is 64.4 Å². The molecule has 3 aromatic heterocycles. The summed E-state index contributed by atoms with van der Waals surface area (Å²) >= 11 is 1.33. The number of benzene rings is 1. The molecule has 0 aliphatic carbocycles. The van der Waals surface area contributed by atoms with Crippen molar-refractivity contribution in [2.75, 3.05) is 5.75 Å². The number of primary amides is 1. The fourth-order valence-electron chi connectivity index (χ4n) is 4.31. The number of hydrogen-bond acceptors (Lipinski definition) is 6. The Morgan fingerprint density at radius 2 is 1.89 bits per heavy atom. The summed E-state index contributed by atoms with van der Waals surface area (Å²) in [4.78, 5) is 24.5. The number of amides is 1. The number of hydrogen-bond donors (Lipinski definition) is 1. The number of carbonyl (C=O) groups is 2. The second kappa shape index (κ2) is 10.8. The lowest BCUT2D eigenvalue weighted by Gasteiger charge is -2.19. The van der Waals surface area contributed by atoms with Crippen LogP contribution in [-0.4, -0.2) is 36.8 Å². The molecule has 4 rings (SSSR count). The highest BCUT2D eigenvalue weighted by Gasteiger charge is 2.21. The maximum Gasteiger partial charge on any atom is 0.217 e. The number of carbonyl (C=O) groups excluding carboxylic acids is 2. The van der Waals surface area contributed by atoms with Gasteiger partial charge in [0.05, 0.1) is 24.6 Å². The monoisotopic (exact) mass is 491 g/mol. The Balaban J connectivity index is 1.52. The quantitative estimate of drug-likeness (QED) is 0.247. The highest BCUT2D eigenvalue weighted by Crippen LogP contribution is 2.27. The number of aryl methyl sites for hydroxylation is 2. The van der Waals surface area contributed by atoms with E-state index in [0.29, 0.717) is 29.5 Å². The molecule has 0 spiro atoms. The molecule has 0 saturated heterocycles. The number of thioether (sulfide) groups is 1. The zero-order valence-electron chi connectivity index (χ0n) is 20.1. The second-order valence-electron chi connectivity index (χ2n) is 8.48. The van der Waals surface area contributed by atoms with Gasteiger partial charge >= 0.3 is 0 Å². The van der Waals surface area contributed by atoms with Crippen molar-refractivity contribution in [3.63, 3.8) is 0 Å². The summed E-state index contributed by atoms with van der Waals surface area (Å²) in [5.74, 6) is 1.21. The minimum Gasteiger partial charge on any atom is -0.467 e. The molecule has 0 aliphatic rings. The van der Waals surface area contributed by atoms with Gasteiger partial charge in [-0.1, -0.05) is 42.1 Å². The first-order valence-electron chi connectivity index (χ1n) is 11.5. The highest BCUT2D eigenvalue weighted by atomic mass is 32.2. The molecule has 0 fully saturated rings. The van der Waals surface area contributed by atoms with Crippen LogP contribution in [0.3, 0.4) is 0 Å². The van der Waals surface area contributed by atoms with E-state index >= 15 is 0 Å². The lowest BCUT2D eigenvalue weighted by Crippen LogP contribution is -2.14. The van der Waals surface area contributed by atoms with Crippen molar-refractivity contribution in [2.24, 2.45) is 5.73 Å². The average molecular weight is 492 g/mol. The van der Waals surface area contributed by atoms with E-state index in [9.17, 15) is 9.59 Å². The van der Waals surface area contributed by atoms with Crippen LogP contribution in [0.4, 0.5) is 0 Å². The molecule has 3 heterocycles. The zero-order chi connectivity index (χ0) is 24.9. The molecule has 0 aliphatic heterocycles. The maximum atomic E-state index is 13.2. The van der Waals surface area contributed by atoms with E-state index < -0.39 is 5.91 Å². The van der Waals surface area contributed by atoms with Gasteiger partial charge in [-0.15, -0.1) is 10.2 Å². The summed E-state index contributed by atoms with van der Waals surface area (Å²) in [5.41, 5.74) is 9.21. The Labute approximate surface area is 208 Å². The van der Waals surface area contributed by atoms with E-state index in [4.69, 9.17) is 10.2 Å². The van der Waals surface area contributed by atoms with Crippen molar-refractivity contribution in [3.8, 4) is 0 Å². The number of aromatic nitrogens is 4. The van der Waals surface area contributed by atoms with Gasteiger partial charge in [-0.05, 0) is 44.5 Å². The summed E-state index contributed by atoms with van der Waals surface area (Å²) in [5, 5.41) is 9.12. The molecule has 1 aromatic carbocycles. The minimum atomic E-state index is -0.401. The molecule has 8 nitrogen and oxygen atoms in total. The maximum absolute atomic E-state index is 13.2. The summed E-state index contributed by atoms with van der Waals surface area (Å²) in [6, 6.07) is 16.0. The van der Waals surface area contributed by atoms with Gasteiger partial charge in [0.15, 0.2) is 10.9 Å². The smallest absolute Gasteiger partial charge is 0.217 e. The summed E-state index contributed by atoms with van der Waals surface area (Å²) in [6.45, 7) is 6.57. The molecule has 4 aromatic rings. The zero-order valence-corrected chi connectivity index (χ0v) is 20.9. The lowest BCUT2D eigenvalue weighted by atomic mass is 10.1. The summed E-state index contributed by atoms with van der Waals surface area (Å²) in [7, 11) is 0. The van der Waals surface area contributed by atoms with Gasteiger partial charge in [0.25, 0.3) is 0 Å². The van der Waals surface area contributed by atoms with Crippen LogP contribution in [0.2, 0.25) is 0 Å². The molecule has 0 radical (unpaired) electrons. The normalized spacial score (nSPS) is 12.1. The number of nitrogens with two attached hydrogens (primary N) is 1. The van der Waals surface area contributed by atoms with Gasteiger partial charge in [0, 0.05) is 29.8 Å². The highest BCUT2D eigenvalue weighted by molar-refractivity contribution is 7.99. The predicted molar refractivity (Wildman–Crippen MR) is 135 cm³/mol. The first-order chi connectivity index (χ1) is 16.8. The van der Waals surface area contributed by atoms with Gasteiger partial charge in [0.2, 0.25) is 5.91 Å². The number of ketones is 1. The Hall–Kier alpha value is -3.59. The Morgan fingerprint density at radius 1 is 1.11 bits per heavy atom. The van der Waals surface area contributed by atoms with Crippen LogP contribution >= 0.6 is 11.8 Å². The standard InChI is InChI=1S/C26H29N5O3S/c1-17-14-22(19(3)31(17)18(2)20-8-5-4-6-9-20)23(32)16-35-26-29-28-25(12-11-24(27)33)30(26)15-21-10-7-13-34-21/h4-10,13-14,18H,11-12,15-16H2,1-3H3,(H2,27,33). The Kier molecular flexibility index (Phi) is 7.55. The van der Waals surface area contributed by atoms with Gasteiger partial charge < -0.3 is 14.7 Å². The van der Waals surface area contributed by atoms with Crippen molar-refractivity contribution >= 4 is 23.5 Å². The molecule has 9 heteroatoms. The van der Waals surface area contributed by atoms with Gasteiger partial charge in [0.1, 0.15) is 11.6 Å². The van der Waals surface area contributed by atoms with Crippen LogP contribution in [0.1, 0.15) is 58.3 Å². The van der Waals surface area contributed by atoms with E-state index in [1.54, 1.807) is 6.26 Å². The minimum absolute atomic E-state index is 0.0286. The van der Waals surface area contributed by atoms with Crippen molar-refractivity contribution < 1.29 is 14.0 Å². The molecule has 2 N–H and O–H groups in total. The molecule has 1 atom stereocenters. The largest absolute Gasteiger partial charge is 0.467 e. The molecule has 182 valence electrons. The van der Waals surface area contributed by atoms with E-state index in [2.05, 4.69) is 33.8 Å². The molecule has 0 bridgehead atoms. The molecule has 0 saturated carbocycles.